The standard InChI is InChI=1S/C17H13Cl2NO/c1-12(21)17(11-20,14-7-3-2-4-8-14)10-13-6-5-9-15(18)16(13)19/h2-9H,10H2,1H3. The molecular weight excluding hydrogens is 305 g/mol. The third-order valence-corrected chi connectivity index (χ3v) is 4.40. The summed E-state index contributed by atoms with van der Waals surface area (Å²) in [6, 6.07) is 16.4. The number of benzene rings is 2. The molecule has 0 saturated carbocycles. The van der Waals surface area contributed by atoms with Crippen molar-refractivity contribution in [1.82, 2.24) is 0 Å². The minimum Gasteiger partial charge on any atom is -0.298 e. The number of hydrogen-bond donors (Lipinski definition) is 0. The van der Waals surface area contributed by atoms with Gasteiger partial charge in [0, 0.05) is 6.42 Å². The summed E-state index contributed by atoms with van der Waals surface area (Å²) in [4.78, 5) is 12.2. The van der Waals surface area contributed by atoms with Gasteiger partial charge in [-0.1, -0.05) is 65.7 Å². The molecule has 0 aliphatic heterocycles. The van der Waals surface area contributed by atoms with Gasteiger partial charge in [-0.05, 0) is 24.1 Å². The van der Waals surface area contributed by atoms with Crippen molar-refractivity contribution in [1.29, 1.82) is 5.26 Å². The largest absolute Gasteiger partial charge is 0.298 e. The van der Waals surface area contributed by atoms with E-state index in [1.54, 1.807) is 30.3 Å². The number of hydrogen-bond acceptors (Lipinski definition) is 2. The van der Waals surface area contributed by atoms with Crippen LogP contribution in [-0.2, 0) is 16.6 Å². The third kappa shape index (κ3) is 2.95. The van der Waals surface area contributed by atoms with Crippen LogP contribution in [0.2, 0.25) is 10.0 Å². The molecule has 0 amide bonds. The van der Waals surface area contributed by atoms with Crippen LogP contribution in [0.15, 0.2) is 48.5 Å². The molecule has 0 N–H and O–H groups in total. The molecule has 1 atom stereocenters. The zero-order valence-corrected chi connectivity index (χ0v) is 12.9. The molecule has 4 heteroatoms. The second kappa shape index (κ2) is 6.30. The van der Waals surface area contributed by atoms with Crippen molar-refractivity contribution in [2.75, 3.05) is 0 Å². The van der Waals surface area contributed by atoms with Gasteiger partial charge >= 0.3 is 0 Å². The summed E-state index contributed by atoms with van der Waals surface area (Å²) in [7, 11) is 0. The molecule has 21 heavy (non-hydrogen) atoms. The number of nitrogens with zero attached hydrogens (tertiary/aromatic N) is 1. The number of carbonyl (C=O) groups excluding carboxylic acids is 1. The first-order valence-electron chi connectivity index (χ1n) is 6.42. The summed E-state index contributed by atoms with van der Waals surface area (Å²) in [5, 5.41) is 10.5. The smallest absolute Gasteiger partial charge is 0.154 e. The fourth-order valence-electron chi connectivity index (χ4n) is 2.31. The second-order valence-electron chi connectivity index (χ2n) is 4.83. The average molecular weight is 318 g/mol. The highest BCUT2D eigenvalue weighted by atomic mass is 35.5. The lowest BCUT2D eigenvalue weighted by Crippen LogP contribution is -2.35. The highest BCUT2D eigenvalue weighted by Gasteiger charge is 2.38. The molecule has 2 nitrogen and oxygen atoms in total. The van der Waals surface area contributed by atoms with E-state index in [0.717, 1.165) is 0 Å². The van der Waals surface area contributed by atoms with E-state index in [0.29, 0.717) is 21.2 Å². The van der Waals surface area contributed by atoms with Gasteiger partial charge in [-0.25, -0.2) is 0 Å². The van der Waals surface area contributed by atoms with Crippen molar-refractivity contribution < 1.29 is 4.79 Å². The number of carbonyl (C=O) groups is 1. The van der Waals surface area contributed by atoms with Gasteiger partial charge in [0.1, 0.15) is 5.41 Å². The molecule has 2 aromatic carbocycles. The van der Waals surface area contributed by atoms with Crippen LogP contribution in [0.5, 0.6) is 0 Å². The summed E-state index contributed by atoms with van der Waals surface area (Å²) in [6.07, 6.45) is 0.197. The molecule has 0 aromatic heterocycles. The molecule has 0 fully saturated rings. The molecule has 0 bridgehead atoms. The Morgan fingerprint density at radius 2 is 1.81 bits per heavy atom. The zero-order valence-electron chi connectivity index (χ0n) is 11.4. The van der Waals surface area contributed by atoms with Crippen LogP contribution in [0.3, 0.4) is 0 Å². The predicted molar refractivity (Wildman–Crippen MR) is 84.6 cm³/mol. The first-order valence-corrected chi connectivity index (χ1v) is 7.17. The average Bonchev–Trinajstić information content (AvgIpc) is 2.49. The monoisotopic (exact) mass is 317 g/mol. The Morgan fingerprint density at radius 3 is 2.38 bits per heavy atom. The molecule has 0 heterocycles. The maximum atomic E-state index is 12.2. The van der Waals surface area contributed by atoms with E-state index >= 15 is 0 Å². The van der Waals surface area contributed by atoms with Gasteiger partial charge in [0.2, 0.25) is 0 Å². The minimum atomic E-state index is -1.25. The summed E-state index contributed by atoms with van der Waals surface area (Å²) < 4.78 is 0. The quantitative estimate of drug-likeness (QED) is 0.827. The first kappa shape index (κ1) is 15.6. The molecule has 1 unspecified atom stereocenters. The SMILES string of the molecule is CC(=O)C(C#N)(Cc1cccc(Cl)c1Cl)c1ccccc1. The fourth-order valence-corrected chi connectivity index (χ4v) is 2.69. The van der Waals surface area contributed by atoms with Gasteiger partial charge in [0.25, 0.3) is 0 Å². The van der Waals surface area contributed by atoms with Crippen molar-refractivity contribution in [2.24, 2.45) is 0 Å². The Hall–Kier alpha value is -1.82. The van der Waals surface area contributed by atoms with E-state index in [4.69, 9.17) is 23.2 Å². The Balaban J connectivity index is 2.55. The van der Waals surface area contributed by atoms with Gasteiger partial charge in [-0.2, -0.15) is 5.26 Å². The van der Waals surface area contributed by atoms with Crippen molar-refractivity contribution in [3.63, 3.8) is 0 Å². The van der Waals surface area contributed by atoms with Crippen LogP contribution < -0.4 is 0 Å². The van der Waals surface area contributed by atoms with Gasteiger partial charge in [-0.15, -0.1) is 0 Å². The number of ketones is 1. The van der Waals surface area contributed by atoms with Crippen molar-refractivity contribution in [2.45, 2.75) is 18.8 Å². The van der Waals surface area contributed by atoms with Crippen molar-refractivity contribution in [3.05, 3.63) is 69.7 Å². The number of rotatable bonds is 4. The van der Waals surface area contributed by atoms with Crippen LogP contribution >= 0.6 is 23.2 Å². The summed E-state index contributed by atoms with van der Waals surface area (Å²) in [5.41, 5.74) is 0.0936. The molecular formula is C17H13Cl2NO. The number of Topliss-reactive ketones (excluding diaryl/α,β-unsaturated/α-hetero) is 1. The molecule has 0 aliphatic carbocycles. The Kier molecular flexibility index (Phi) is 4.67. The van der Waals surface area contributed by atoms with Gasteiger partial charge in [-0.3, -0.25) is 4.79 Å². The predicted octanol–water partition coefficient (Wildman–Crippen LogP) is 4.59. The summed E-state index contributed by atoms with van der Waals surface area (Å²) >= 11 is 12.2. The van der Waals surface area contributed by atoms with E-state index in [-0.39, 0.29) is 12.2 Å². The Morgan fingerprint density at radius 1 is 1.14 bits per heavy atom. The van der Waals surface area contributed by atoms with Crippen LogP contribution in [0.4, 0.5) is 0 Å². The fraction of sp³-hybridized carbons (Fsp3) is 0.176. The lowest BCUT2D eigenvalue weighted by atomic mass is 9.74. The van der Waals surface area contributed by atoms with Gasteiger partial charge in [0.15, 0.2) is 5.78 Å². The van der Waals surface area contributed by atoms with Gasteiger partial charge < -0.3 is 0 Å². The van der Waals surface area contributed by atoms with E-state index in [1.165, 1.54) is 6.92 Å². The topological polar surface area (TPSA) is 40.9 Å². The molecule has 0 aliphatic rings. The van der Waals surface area contributed by atoms with Crippen molar-refractivity contribution >= 4 is 29.0 Å². The van der Waals surface area contributed by atoms with Gasteiger partial charge in [0.05, 0.1) is 16.1 Å². The molecule has 2 aromatic rings. The summed E-state index contributed by atoms with van der Waals surface area (Å²) in [6.45, 7) is 1.43. The van der Waals surface area contributed by atoms with E-state index in [9.17, 15) is 10.1 Å². The number of halogens is 2. The van der Waals surface area contributed by atoms with E-state index in [1.807, 2.05) is 18.2 Å². The number of nitriles is 1. The van der Waals surface area contributed by atoms with E-state index < -0.39 is 5.41 Å². The molecule has 0 saturated heterocycles. The molecule has 2 rings (SSSR count). The molecule has 0 spiro atoms. The van der Waals surface area contributed by atoms with Crippen molar-refractivity contribution in [3.8, 4) is 6.07 Å². The van der Waals surface area contributed by atoms with Crippen LogP contribution in [0, 0.1) is 11.3 Å². The maximum absolute atomic E-state index is 12.2. The van der Waals surface area contributed by atoms with E-state index in [2.05, 4.69) is 6.07 Å². The molecule has 106 valence electrons. The van der Waals surface area contributed by atoms with Crippen LogP contribution in [0.1, 0.15) is 18.1 Å². The minimum absolute atomic E-state index is 0.197. The van der Waals surface area contributed by atoms with Crippen LogP contribution in [0.25, 0.3) is 0 Å². The highest BCUT2D eigenvalue weighted by Crippen LogP contribution is 2.34. The highest BCUT2D eigenvalue weighted by molar-refractivity contribution is 6.42. The molecule has 0 radical (unpaired) electrons. The van der Waals surface area contributed by atoms with Crippen LogP contribution in [-0.4, -0.2) is 5.78 Å². The zero-order chi connectivity index (χ0) is 15.5. The normalized spacial score (nSPS) is 13.2. The summed E-state index contributed by atoms with van der Waals surface area (Å²) in [5.74, 6) is -0.216. The third-order valence-electron chi connectivity index (χ3n) is 3.55. The lowest BCUT2D eigenvalue weighted by Gasteiger charge is -2.25. The Bertz CT molecular complexity index is 706. The maximum Gasteiger partial charge on any atom is 0.154 e. The second-order valence-corrected chi connectivity index (χ2v) is 5.61. The first-order chi connectivity index (χ1) is 10.0. The lowest BCUT2D eigenvalue weighted by molar-refractivity contribution is -0.120. The Labute approximate surface area is 133 Å².